The van der Waals surface area contributed by atoms with Crippen LogP contribution in [0.15, 0.2) is 33.7 Å². The molecule has 1 N–H and O–H groups in total. The molecule has 0 amide bonds. The summed E-state index contributed by atoms with van der Waals surface area (Å²) in [6, 6.07) is 5.75. The van der Waals surface area contributed by atoms with Crippen molar-refractivity contribution in [3.8, 4) is 5.75 Å². The van der Waals surface area contributed by atoms with Gasteiger partial charge in [0.15, 0.2) is 0 Å². The van der Waals surface area contributed by atoms with Gasteiger partial charge in [0.05, 0.1) is 19.0 Å². The summed E-state index contributed by atoms with van der Waals surface area (Å²) in [7, 11) is 3.46. The Labute approximate surface area is 129 Å². The van der Waals surface area contributed by atoms with Gasteiger partial charge < -0.3 is 9.64 Å². The molecule has 0 aliphatic heterocycles. The van der Waals surface area contributed by atoms with Crippen molar-refractivity contribution in [2.75, 3.05) is 19.1 Å². The molecule has 5 nitrogen and oxygen atoms in total. The van der Waals surface area contributed by atoms with Crippen LogP contribution in [0.25, 0.3) is 0 Å². The highest BCUT2D eigenvalue weighted by Gasteiger charge is 2.12. The molecule has 0 radical (unpaired) electrons. The van der Waals surface area contributed by atoms with E-state index < -0.39 is 5.56 Å². The molecular formula is C13H13BrClN3O2. The highest BCUT2D eigenvalue weighted by molar-refractivity contribution is 9.10. The summed E-state index contributed by atoms with van der Waals surface area (Å²) in [4.78, 5) is 13.3. The molecule has 0 saturated heterocycles. The Kier molecular flexibility index (Phi) is 4.67. The first-order valence-electron chi connectivity index (χ1n) is 5.79. The largest absolute Gasteiger partial charge is 0.496 e. The highest BCUT2D eigenvalue weighted by Crippen LogP contribution is 2.27. The van der Waals surface area contributed by atoms with E-state index in [-0.39, 0.29) is 5.02 Å². The van der Waals surface area contributed by atoms with E-state index in [1.165, 1.54) is 6.20 Å². The van der Waals surface area contributed by atoms with E-state index in [1.54, 1.807) is 7.11 Å². The summed E-state index contributed by atoms with van der Waals surface area (Å²) < 4.78 is 6.28. The molecule has 0 fully saturated rings. The lowest BCUT2D eigenvalue weighted by molar-refractivity contribution is 0.409. The fourth-order valence-corrected chi connectivity index (χ4v) is 2.50. The fourth-order valence-electron chi connectivity index (χ4n) is 1.85. The van der Waals surface area contributed by atoms with Crippen molar-refractivity contribution in [1.82, 2.24) is 10.2 Å². The number of aromatic nitrogens is 2. The van der Waals surface area contributed by atoms with Crippen LogP contribution in [0.4, 0.5) is 5.69 Å². The Hall–Kier alpha value is -1.53. The lowest BCUT2D eigenvalue weighted by Crippen LogP contribution is -2.21. The van der Waals surface area contributed by atoms with Crippen LogP contribution in [-0.4, -0.2) is 24.4 Å². The zero-order valence-electron chi connectivity index (χ0n) is 11.0. The van der Waals surface area contributed by atoms with Crippen molar-refractivity contribution < 1.29 is 4.74 Å². The first-order chi connectivity index (χ1) is 9.52. The molecule has 0 unspecified atom stereocenters. The van der Waals surface area contributed by atoms with Gasteiger partial charge in [-0.25, -0.2) is 5.10 Å². The summed E-state index contributed by atoms with van der Waals surface area (Å²) in [6.45, 7) is 0.535. The van der Waals surface area contributed by atoms with Crippen LogP contribution in [0.5, 0.6) is 5.75 Å². The van der Waals surface area contributed by atoms with Gasteiger partial charge in [0.25, 0.3) is 5.56 Å². The van der Waals surface area contributed by atoms with Crippen molar-refractivity contribution in [2.45, 2.75) is 6.54 Å². The maximum Gasteiger partial charge on any atom is 0.285 e. The second kappa shape index (κ2) is 6.28. The van der Waals surface area contributed by atoms with E-state index in [2.05, 4.69) is 26.1 Å². The molecule has 1 aromatic heterocycles. The average Bonchev–Trinajstić information content (AvgIpc) is 2.42. The van der Waals surface area contributed by atoms with Gasteiger partial charge in [-0.05, 0) is 18.2 Å². The first-order valence-corrected chi connectivity index (χ1v) is 6.96. The van der Waals surface area contributed by atoms with E-state index >= 15 is 0 Å². The van der Waals surface area contributed by atoms with Crippen molar-refractivity contribution in [2.24, 2.45) is 0 Å². The lowest BCUT2D eigenvalue weighted by atomic mass is 10.2. The summed E-state index contributed by atoms with van der Waals surface area (Å²) in [5.41, 5.74) is 1.13. The predicted molar refractivity (Wildman–Crippen MR) is 82.7 cm³/mol. The Morgan fingerprint density at radius 1 is 1.50 bits per heavy atom. The molecule has 0 aliphatic carbocycles. The van der Waals surface area contributed by atoms with E-state index in [9.17, 15) is 4.79 Å². The SMILES string of the molecule is COc1ccc(Br)cc1CN(C)c1cn[nH]c(=O)c1Cl. The topological polar surface area (TPSA) is 58.2 Å². The van der Waals surface area contributed by atoms with Crippen LogP contribution in [0, 0.1) is 0 Å². The summed E-state index contributed by atoms with van der Waals surface area (Å²) >= 11 is 9.42. The predicted octanol–water partition coefficient (Wildman–Crippen LogP) is 2.83. The van der Waals surface area contributed by atoms with Gasteiger partial charge in [0.2, 0.25) is 0 Å². The molecule has 1 heterocycles. The maximum absolute atomic E-state index is 11.5. The molecule has 20 heavy (non-hydrogen) atoms. The Morgan fingerprint density at radius 3 is 2.95 bits per heavy atom. The minimum atomic E-state index is -0.405. The number of aromatic amines is 1. The lowest BCUT2D eigenvalue weighted by Gasteiger charge is -2.21. The van der Waals surface area contributed by atoms with Crippen LogP contribution in [0.1, 0.15) is 5.56 Å². The van der Waals surface area contributed by atoms with Gasteiger partial charge in [-0.15, -0.1) is 0 Å². The van der Waals surface area contributed by atoms with Crippen LogP contribution in [-0.2, 0) is 6.54 Å². The third-order valence-electron chi connectivity index (χ3n) is 2.84. The number of nitrogens with one attached hydrogen (secondary N) is 1. The summed E-state index contributed by atoms with van der Waals surface area (Å²) in [5.74, 6) is 0.772. The second-order valence-electron chi connectivity index (χ2n) is 4.21. The minimum Gasteiger partial charge on any atom is -0.496 e. The van der Waals surface area contributed by atoms with Crippen molar-refractivity contribution in [3.05, 3.63) is 49.8 Å². The average molecular weight is 359 g/mol. The van der Waals surface area contributed by atoms with E-state index in [4.69, 9.17) is 16.3 Å². The van der Waals surface area contributed by atoms with Crippen molar-refractivity contribution in [3.63, 3.8) is 0 Å². The molecule has 0 atom stereocenters. The molecule has 0 saturated carbocycles. The smallest absolute Gasteiger partial charge is 0.285 e. The first kappa shape index (κ1) is 14.9. The van der Waals surface area contributed by atoms with Crippen molar-refractivity contribution >= 4 is 33.2 Å². The number of H-pyrrole nitrogens is 1. The van der Waals surface area contributed by atoms with Crippen LogP contribution in [0.2, 0.25) is 5.02 Å². The second-order valence-corrected chi connectivity index (χ2v) is 5.50. The van der Waals surface area contributed by atoms with E-state index in [0.29, 0.717) is 12.2 Å². The summed E-state index contributed by atoms with van der Waals surface area (Å²) in [6.07, 6.45) is 1.52. The van der Waals surface area contributed by atoms with Gasteiger partial charge in [-0.1, -0.05) is 27.5 Å². The zero-order chi connectivity index (χ0) is 14.7. The minimum absolute atomic E-state index is 0.122. The van der Waals surface area contributed by atoms with Gasteiger partial charge in [0.1, 0.15) is 10.8 Å². The highest BCUT2D eigenvalue weighted by atomic mass is 79.9. The fraction of sp³-hybridized carbons (Fsp3) is 0.231. The molecule has 7 heteroatoms. The number of hydrogen-bond donors (Lipinski definition) is 1. The third-order valence-corrected chi connectivity index (χ3v) is 3.70. The monoisotopic (exact) mass is 357 g/mol. The van der Waals surface area contributed by atoms with Crippen LogP contribution in [0.3, 0.4) is 0 Å². The van der Waals surface area contributed by atoms with Gasteiger partial charge >= 0.3 is 0 Å². The number of benzene rings is 1. The normalized spacial score (nSPS) is 10.4. The van der Waals surface area contributed by atoms with E-state index in [1.807, 2.05) is 30.1 Å². The molecule has 2 rings (SSSR count). The number of rotatable bonds is 4. The number of ether oxygens (including phenoxy) is 1. The maximum atomic E-state index is 11.5. The Morgan fingerprint density at radius 2 is 2.25 bits per heavy atom. The molecule has 1 aromatic carbocycles. The van der Waals surface area contributed by atoms with Crippen LogP contribution < -0.4 is 15.2 Å². The molecular weight excluding hydrogens is 346 g/mol. The molecule has 0 spiro atoms. The number of halogens is 2. The third kappa shape index (κ3) is 3.13. The number of nitrogens with zero attached hydrogens (tertiary/aromatic N) is 2. The molecule has 0 aliphatic rings. The molecule has 2 aromatic rings. The Bertz CT molecular complexity index is 675. The quantitative estimate of drug-likeness (QED) is 0.913. The molecule has 0 bridgehead atoms. The van der Waals surface area contributed by atoms with Crippen LogP contribution >= 0.6 is 27.5 Å². The van der Waals surface area contributed by atoms with Gasteiger partial charge in [-0.2, -0.15) is 5.10 Å². The van der Waals surface area contributed by atoms with E-state index in [0.717, 1.165) is 15.8 Å². The zero-order valence-corrected chi connectivity index (χ0v) is 13.3. The van der Waals surface area contributed by atoms with Crippen molar-refractivity contribution in [1.29, 1.82) is 0 Å². The number of hydrogen-bond acceptors (Lipinski definition) is 4. The summed E-state index contributed by atoms with van der Waals surface area (Å²) in [5, 5.41) is 6.18. The van der Waals surface area contributed by atoms with Gasteiger partial charge in [-0.3, -0.25) is 4.79 Å². The Balaban J connectivity index is 2.32. The number of anilines is 1. The number of methoxy groups -OCH3 is 1. The van der Waals surface area contributed by atoms with Gasteiger partial charge in [0, 0.05) is 23.6 Å². The molecule has 106 valence electrons. The standard InChI is InChI=1S/C13H13BrClN3O2/c1-18(10-6-16-17-13(19)12(10)15)7-8-5-9(14)3-4-11(8)20-2/h3-6H,7H2,1-2H3,(H,17,19).